The number of anilines is 1. The summed E-state index contributed by atoms with van der Waals surface area (Å²) in [4.78, 5) is 14.4. The van der Waals surface area contributed by atoms with Gasteiger partial charge in [0, 0.05) is 17.8 Å². The fourth-order valence-corrected chi connectivity index (χ4v) is 4.07. The van der Waals surface area contributed by atoms with Crippen molar-refractivity contribution in [3.05, 3.63) is 42.1 Å². The van der Waals surface area contributed by atoms with Gasteiger partial charge in [0.25, 0.3) is 0 Å². The number of hydrogen-bond acceptors (Lipinski definition) is 3. The van der Waals surface area contributed by atoms with E-state index in [1.54, 1.807) is 0 Å². The summed E-state index contributed by atoms with van der Waals surface area (Å²) in [7, 11) is -1.93. The minimum absolute atomic E-state index is 0.0900. The van der Waals surface area contributed by atoms with E-state index in [9.17, 15) is 4.79 Å². The van der Waals surface area contributed by atoms with Crippen LogP contribution < -0.4 is 4.90 Å². The number of carbonyl (C=O) groups is 1. The number of hydrogen-bond donors (Lipinski definition) is 0. The van der Waals surface area contributed by atoms with Gasteiger partial charge < -0.3 is 14.1 Å². The largest absolute Gasteiger partial charge is 0.414 e. The molecule has 1 heterocycles. The Morgan fingerprint density at radius 1 is 1.29 bits per heavy atom. The topological polar surface area (TPSA) is 29.5 Å². The van der Waals surface area contributed by atoms with Crippen LogP contribution in [-0.4, -0.2) is 26.7 Å². The standard InChI is InChI=1S/C20H31NO2Si/c1-8-13-21-18-12-10-9-11-17(18)16(2)20(21,14-22)15-23-24(6,7)19(3,4)5/h8-14,16H,15H2,1-7H3. The van der Waals surface area contributed by atoms with Crippen molar-refractivity contribution in [2.24, 2.45) is 0 Å². The molecular formula is C20H31NO2Si. The summed E-state index contributed by atoms with van der Waals surface area (Å²) in [6.45, 7) is 15.7. The highest BCUT2D eigenvalue weighted by atomic mass is 28.4. The van der Waals surface area contributed by atoms with Crippen molar-refractivity contribution < 1.29 is 9.22 Å². The average molecular weight is 346 g/mol. The molecule has 0 amide bonds. The van der Waals surface area contributed by atoms with Crippen molar-refractivity contribution >= 4 is 20.3 Å². The zero-order valence-corrected chi connectivity index (χ0v) is 17.1. The lowest BCUT2D eigenvalue weighted by molar-refractivity contribution is -0.113. The molecule has 2 atom stereocenters. The zero-order chi connectivity index (χ0) is 18.2. The van der Waals surface area contributed by atoms with Gasteiger partial charge in [0.1, 0.15) is 11.8 Å². The Kier molecular flexibility index (Phi) is 5.12. The zero-order valence-electron chi connectivity index (χ0n) is 16.1. The summed E-state index contributed by atoms with van der Waals surface area (Å²) in [6.07, 6.45) is 5.08. The van der Waals surface area contributed by atoms with E-state index >= 15 is 0 Å². The van der Waals surface area contributed by atoms with Gasteiger partial charge in [-0.3, -0.25) is 0 Å². The van der Waals surface area contributed by atoms with Crippen molar-refractivity contribution in [1.29, 1.82) is 0 Å². The molecule has 0 N–H and O–H groups in total. The number of fused-ring (bicyclic) bond motifs is 1. The molecule has 132 valence electrons. The summed E-state index contributed by atoms with van der Waals surface area (Å²) in [5, 5.41) is 0.122. The average Bonchev–Trinajstić information content (AvgIpc) is 2.75. The third kappa shape index (κ3) is 2.97. The molecule has 0 saturated heterocycles. The molecule has 2 unspecified atom stereocenters. The van der Waals surface area contributed by atoms with Gasteiger partial charge >= 0.3 is 0 Å². The van der Waals surface area contributed by atoms with Crippen LogP contribution in [0.2, 0.25) is 18.1 Å². The van der Waals surface area contributed by atoms with Crippen molar-refractivity contribution in [1.82, 2.24) is 0 Å². The highest BCUT2D eigenvalue weighted by Gasteiger charge is 2.50. The molecule has 1 aromatic carbocycles. The number of carbonyl (C=O) groups excluding carboxylic acids is 1. The second-order valence-electron chi connectivity index (χ2n) is 8.29. The predicted molar refractivity (Wildman–Crippen MR) is 104 cm³/mol. The van der Waals surface area contributed by atoms with Gasteiger partial charge in [0.15, 0.2) is 8.32 Å². The van der Waals surface area contributed by atoms with E-state index in [1.807, 2.05) is 31.3 Å². The Bertz CT molecular complexity index is 633. The van der Waals surface area contributed by atoms with E-state index < -0.39 is 13.9 Å². The molecule has 4 heteroatoms. The molecular weight excluding hydrogens is 314 g/mol. The van der Waals surface area contributed by atoms with Crippen molar-refractivity contribution in [2.45, 2.75) is 64.2 Å². The molecule has 0 radical (unpaired) electrons. The second-order valence-corrected chi connectivity index (χ2v) is 13.1. The molecule has 0 aromatic heterocycles. The summed E-state index contributed by atoms with van der Waals surface area (Å²) < 4.78 is 6.48. The van der Waals surface area contributed by atoms with Crippen LogP contribution in [0.1, 0.15) is 46.1 Å². The van der Waals surface area contributed by atoms with E-state index in [4.69, 9.17) is 4.43 Å². The maximum Gasteiger partial charge on any atom is 0.192 e. The van der Waals surface area contributed by atoms with E-state index in [0.717, 1.165) is 12.0 Å². The molecule has 0 bridgehead atoms. The monoisotopic (exact) mass is 345 g/mol. The first kappa shape index (κ1) is 18.9. The Morgan fingerprint density at radius 2 is 1.92 bits per heavy atom. The first-order valence-corrected chi connectivity index (χ1v) is 11.6. The van der Waals surface area contributed by atoms with Crippen molar-refractivity contribution in [3.8, 4) is 0 Å². The van der Waals surface area contributed by atoms with Gasteiger partial charge in [-0.25, -0.2) is 0 Å². The fourth-order valence-electron chi connectivity index (χ4n) is 3.04. The highest BCUT2D eigenvalue weighted by molar-refractivity contribution is 6.74. The first-order valence-electron chi connectivity index (χ1n) is 8.72. The van der Waals surface area contributed by atoms with E-state index in [1.165, 1.54) is 5.56 Å². The summed E-state index contributed by atoms with van der Waals surface area (Å²) in [5.41, 5.74) is 1.64. The lowest BCUT2D eigenvalue weighted by Crippen LogP contribution is -2.54. The van der Waals surface area contributed by atoms with Crippen LogP contribution in [0.3, 0.4) is 0 Å². The van der Waals surface area contributed by atoms with Crippen molar-refractivity contribution in [2.75, 3.05) is 11.5 Å². The fraction of sp³-hybridized carbons (Fsp3) is 0.550. The van der Waals surface area contributed by atoms with Crippen LogP contribution in [0.15, 0.2) is 36.5 Å². The maximum atomic E-state index is 12.3. The lowest BCUT2D eigenvalue weighted by atomic mass is 9.85. The molecule has 3 nitrogen and oxygen atoms in total. The number of benzene rings is 1. The van der Waals surface area contributed by atoms with Gasteiger partial charge in [-0.15, -0.1) is 0 Å². The van der Waals surface area contributed by atoms with Gasteiger partial charge in [0.05, 0.1) is 6.61 Å². The number of rotatable bonds is 5. The molecule has 0 aliphatic carbocycles. The number of allylic oxidation sites excluding steroid dienone is 1. The van der Waals surface area contributed by atoms with Crippen LogP contribution >= 0.6 is 0 Å². The summed E-state index contributed by atoms with van der Waals surface area (Å²) >= 11 is 0. The Balaban J connectivity index is 2.42. The number of nitrogens with zero attached hydrogens (tertiary/aromatic N) is 1. The van der Waals surface area contributed by atoms with Crippen LogP contribution in [0.25, 0.3) is 0 Å². The molecule has 2 rings (SSSR count). The third-order valence-corrected chi connectivity index (χ3v) is 10.3. The van der Waals surface area contributed by atoms with E-state index in [0.29, 0.717) is 6.61 Å². The lowest BCUT2D eigenvalue weighted by Gasteiger charge is -2.42. The predicted octanol–water partition coefficient (Wildman–Crippen LogP) is 5.10. The molecule has 0 fully saturated rings. The van der Waals surface area contributed by atoms with Gasteiger partial charge in [-0.1, -0.05) is 52.0 Å². The van der Waals surface area contributed by atoms with Gasteiger partial charge in [-0.05, 0) is 36.7 Å². The molecule has 1 aliphatic heterocycles. The van der Waals surface area contributed by atoms with Gasteiger partial charge in [0.2, 0.25) is 0 Å². The molecule has 1 aromatic rings. The third-order valence-electron chi connectivity index (χ3n) is 5.83. The maximum absolute atomic E-state index is 12.3. The molecule has 1 aliphatic rings. The van der Waals surface area contributed by atoms with Crippen molar-refractivity contribution in [3.63, 3.8) is 0 Å². The van der Waals surface area contributed by atoms with Crippen LogP contribution in [0.4, 0.5) is 5.69 Å². The Hall–Kier alpha value is -1.39. The highest BCUT2D eigenvalue weighted by Crippen LogP contribution is 2.48. The number of para-hydroxylation sites is 1. The first-order chi connectivity index (χ1) is 11.1. The second kappa shape index (κ2) is 6.49. The minimum atomic E-state index is -1.93. The molecule has 0 saturated carbocycles. The molecule has 0 spiro atoms. The Morgan fingerprint density at radius 3 is 2.46 bits per heavy atom. The van der Waals surface area contributed by atoms with Crippen LogP contribution in [0.5, 0.6) is 0 Å². The van der Waals surface area contributed by atoms with E-state index in [2.05, 4.69) is 57.8 Å². The number of aldehydes is 1. The van der Waals surface area contributed by atoms with Crippen LogP contribution in [-0.2, 0) is 9.22 Å². The molecule has 24 heavy (non-hydrogen) atoms. The smallest absolute Gasteiger partial charge is 0.192 e. The normalized spacial score (nSPS) is 24.5. The summed E-state index contributed by atoms with van der Waals surface area (Å²) in [6, 6.07) is 8.27. The quantitative estimate of drug-likeness (QED) is 0.549. The SMILES string of the molecule is CC=CN1c2ccccc2C(C)C1(C=O)CO[Si](C)(C)C(C)(C)C. The van der Waals surface area contributed by atoms with Crippen LogP contribution in [0, 0.1) is 0 Å². The Labute approximate surface area is 147 Å². The minimum Gasteiger partial charge on any atom is -0.414 e. The summed E-state index contributed by atoms with van der Waals surface area (Å²) in [5.74, 6) is 0.0900. The van der Waals surface area contributed by atoms with E-state index in [-0.39, 0.29) is 11.0 Å². The van der Waals surface area contributed by atoms with Gasteiger partial charge in [-0.2, -0.15) is 0 Å².